The summed E-state index contributed by atoms with van der Waals surface area (Å²) in [6.45, 7) is 1.49. The molecule has 0 amide bonds. The first kappa shape index (κ1) is 16.0. The van der Waals surface area contributed by atoms with Gasteiger partial charge in [0.25, 0.3) is 0 Å². The maximum Gasteiger partial charge on any atom is 0.173 e. The second-order valence-electron chi connectivity index (χ2n) is 4.34. The summed E-state index contributed by atoms with van der Waals surface area (Å²) in [6.07, 6.45) is 0. The lowest BCUT2D eigenvalue weighted by atomic mass is 10.1. The highest BCUT2D eigenvalue weighted by atomic mass is 79.9. The van der Waals surface area contributed by atoms with Crippen LogP contribution in [0, 0.1) is 28.8 Å². The Hall–Kier alpha value is -2.33. The largest absolute Gasteiger partial charge is 0.278 e. The molecule has 0 heterocycles. The number of benzene rings is 2. The molecule has 0 aliphatic carbocycles. The molecule has 0 spiro atoms. The number of nitrogens with zero attached hydrogens (tertiary/aromatic N) is 2. The molecule has 0 atom stereocenters. The molecule has 2 aromatic carbocycles. The van der Waals surface area contributed by atoms with Gasteiger partial charge in [-0.05, 0) is 53.2 Å². The van der Waals surface area contributed by atoms with Crippen LogP contribution in [0.1, 0.15) is 18.1 Å². The number of rotatable bonds is 3. The van der Waals surface area contributed by atoms with Gasteiger partial charge in [-0.2, -0.15) is 10.4 Å². The van der Waals surface area contributed by atoms with Gasteiger partial charge in [0.05, 0.1) is 21.4 Å². The van der Waals surface area contributed by atoms with E-state index in [0.29, 0.717) is 5.69 Å². The number of hydrogen-bond acceptors (Lipinski definition) is 3. The van der Waals surface area contributed by atoms with Crippen LogP contribution in [0.15, 0.2) is 39.9 Å². The van der Waals surface area contributed by atoms with E-state index in [4.69, 9.17) is 5.26 Å². The number of anilines is 1. The van der Waals surface area contributed by atoms with Gasteiger partial charge in [0.2, 0.25) is 0 Å². The van der Waals surface area contributed by atoms with E-state index in [1.165, 1.54) is 31.2 Å². The molecular formula is C15H9BrF3N3. The van der Waals surface area contributed by atoms with Crippen molar-refractivity contribution in [3.8, 4) is 6.07 Å². The van der Waals surface area contributed by atoms with Gasteiger partial charge in [-0.25, -0.2) is 13.2 Å². The van der Waals surface area contributed by atoms with Crippen LogP contribution in [0.2, 0.25) is 0 Å². The molecule has 3 nitrogen and oxygen atoms in total. The Morgan fingerprint density at radius 2 is 1.91 bits per heavy atom. The quantitative estimate of drug-likeness (QED) is 0.490. The van der Waals surface area contributed by atoms with Crippen LogP contribution in [-0.2, 0) is 0 Å². The summed E-state index contributed by atoms with van der Waals surface area (Å²) in [7, 11) is 0. The lowest BCUT2D eigenvalue weighted by molar-refractivity contribution is 0.502. The third kappa shape index (κ3) is 3.28. The van der Waals surface area contributed by atoms with Gasteiger partial charge in [-0.1, -0.05) is 0 Å². The van der Waals surface area contributed by atoms with Crippen molar-refractivity contribution in [1.29, 1.82) is 5.26 Å². The minimum absolute atomic E-state index is 0.00387. The predicted molar refractivity (Wildman–Crippen MR) is 81.0 cm³/mol. The van der Waals surface area contributed by atoms with E-state index in [1.807, 2.05) is 0 Å². The van der Waals surface area contributed by atoms with Crippen molar-refractivity contribution >= 4 is 27.3 Å². The minimum atomic E-state index is -1.02. The summed E-state index contributed by atoms with van der Waals surface area (Å²) < 4.78 is 40.5. The zero-order valence-corrected chi connectivity index (χ0v) is 12.9. The fourth-order valence-electron chi connectivity index (χ4n) is 1.69. The normalized spacial score (nSPS) is 11.2. The lowest BCUT2D eigenvalue weighted by Crippen LogP contribution is -2.05. The molecule has 0 fully saturated rings. The first-order chi connectivity index (χ1) is 10.4. The van der Waals surface area contributed by atoms with E-state index < -0.39 is 17.5 Å². The summed E-state index contributed by atoms with van der Waals surface area (Å²) in [5.41, 5.74) is 2.99. The molecule has 0 bridgehead atoms. The average molecular weight is 368 g/mol. The van der Waals surface area contributed by atoms with Crippen LogP contribution in [0.3, 0.4) is 0 Å². The maximum atomic E-state index is 13.8. The first-order valence-corrected chi connectivity index (χ1v) is 6.87. The van der Waals surface area contributed by atoms with Crippen molar-refractivity contribution < 1.29 is 13.2 Å². The van der Waals surface area contributed by atoms with Gasteiger partial charge < -0.3 is 0 Å². The zero-order chi connectivity index (χ0) is 16.3. The predicted octanol–water partition coefficient (Wildman–Crippen LogP) is 4.57. The van der Waals surface area contributed by atoms with Crippen molar-refractivity contribution in [2.24, 2.45) is 5.10 Å². The number of halogens is 4. The first-order valence-electron chi connectivity index (χ1n) is 6.08. The number of nitriles is 1. The Kier molecular flexibility index (Phi) is 4.83. The number of nitrogens with one attached hydrogen (secondary N) is 1. The molecule has 0 saturated carbocycles. The van der Waals surface area contributed by atoms with E-state index in [9.17, 15) is 13.2 Å². The fraction of sp³-hybridized carbons (Fsp3) is 0.0667. The van der Waals surface area contributed by atoms with E-state index >= 15 is 0 Å². The van der Waals surface area contributed by atoms with Gasteiger partial charge in [-0.15, -0.1) is 0 Å². The van der Waals surface area contributed by atoms with Gasteiger partial charge in [0.1, 0.15) is 11.9 Å². The molecule has 112 valence electrons. The Bertz CT molecular complexity index is 797. The highest BCUT2D eigenvalue weighted by molar-refractivity contribution is 9.10. The molecule has 0 unspecified atom stereocenters. The van der Waals surface area contributed by atoms with Crippen LogP contribution in [0.25, 0.3) is 0 Å². The van der Waals surface area contributed by atoms with Gasteiger partial charge in [-0.3, -0.25) is 5.43 Å². The van der Waals surface area contributed by atoms with E-state index in [0.717, 1.165) is 6.07 Å². The van der Waals surface area contributed by atoms with Crippen LogP contribution in [-0.4, -0.2) is 5.71 Å². The average Bonchev–Trinajstić information content (AvgIpc) is 2.51. The Morgan fingerprint density at radius 3 is 2.59 bits per heavy atom. The molecule has 7 heteroatoms. The second-order valence-corrected chi connectivity index (χ2v) is 5.19. The molecule has 0 aliphatic rings. The SMILES string of the molecule is C/C(=N\Nc1ccc(F)c(C#N)c1)c1ccc(Br)c(F)c1F. The topological polar surface area (TPSA) is 48.2 Å². The van der Waals surface area contributed by atoms with Crippen LogP contribution in [0.5, 0.6) is 0 Å². The molecule has 0 radical (unpaired) electrons. The highest BCUT2D eigenvalue weighted by Gasteiger charge is 2.13. The van der Waals surface area contributed by atoms with Crippen LogP contribution in [0.4, 0.5) is 18.9 Å². The van der Waals surface area contributed by atoms with Crippen LogP contribution < -0.4 is 5.43 Å². The van der Waals surface area contributed by atoms with Crippen LogP contribution >= 0.6 is 15.9 Å². The molecule has 2 aromatic rings. The fourth-order valence-corrected chi connectivity index (χ4v) is 2.00. The summed E-state index contributed by atoms with van der Waals surface area (Å²) in [5.74, 6) is -2.66. The highest BCUT2D eigenvalue weighted by Crippen LogP contribution is 2.22. The Labute approximate surface area is 133 Å². The third-order valence-electron chi connectivity index (χ3n) is 2.86. The van der Waals surface area contributed by atoms with Crippen molar-refractivity contribution in [1.82, 2.24) is 0 Å². The molecule has 22 heavy (non-hydrogen) atoms. The summed E-state index contributed by atoms with van der Waals surface area (Å²) >= 11 is 2.89. The number of hydrazone groups is 1. The Morgan fingerprint density at radius 1 is 1.18 bits per heavy atom. The van der Waals surface area contributed by atoms with Crippen molar-refractivity contribution in [3.05, 3.63) is 63.4 Å². The standard InChI is InChI=1S/C15H9BrF3N3/c1-8(11-3-4-12(16)15(19)14(11)18)21-22-10-2-5-13(17)9(6-10)7-20/h2-6,22H,1H3/b21-8+. The number of hydrogen-bond donors (Lipinski definition) is 1. The van der Waals surface area contributed by atoms with E-state index in [1.54, 1.807) is 6.07 Å². The lowest BCUT2D eigenvalue weighted by Gasteiger charge is -2.06. The van der Waals surface area contributed by atoms with Crippen molar-refractivity contribution in [2.75, 3.05) is 5.43 Å². The van der Waals surface area contributed by atoms with E-state index in [-0.39, 0.29) is 21.3 Å². The molecule has 0 aliphatic heterocycles. The smallest absolute Gasteiger partial charge is 0.173 e. The van der Waals surface area contributed by atoms with Gasteiger partial charge in [0, 0.05) is 5.56 Å². The van der Waals surface area contributed by atoms with E-state index in [2.05, 4.69) is 26.5 Å². The molecule has 1 N–H and O–H groups in total. The summed E-state index contributed by atoms with van der Waals surface area (Å²) in [6, 6.07) is 8.22. The summed E-state index contributed by atoms with van der Waals surface area (Å²) in [4.78, 5) is 0. The molecule has 0 aromatic heterocycles. The zero-order valence-electron chi connectivity index (χ0n) is 11.3. The van der Waals surface area contributed by atoms with Gasteiger partial charge in [0.15, 0.2) is 11.6 Å². The molecule has 2 rings (SSSR count). The Balaban J connectivity index is 2.27. The van der Waals surface area contributed by atoms with Crippen molar-refractivity contribution in [2.45, 2.75) is 6.92 Å². The van der Waals surface area contributed by atoms with Gasteiger partial charge >= 0.3 is 0 Å². The molecular weight excluding hydrogens is 359 g/mol. The monoisotopic (exact) mass is 367 g/mol. The third-order valence-corrected chi connectivity index (χ3v) is 3.48. The second kappa shape index (κ2) is 6.62. The maximum absolute atomic E-state index is 13.8. The summed E-state index contributed by atoms with van der Waals surface area (Å²) in [5, 5.41) is 12.7. The minimum Gasteiger partial charge on any atom is -0.278 e. The molecule has 0 saturated heterocycles. The van der Waals surface area contributed by atoms with Crippen molar-refractivity contribution in [3.63, 3.8) is 0 Å².